The third-order valence-electron chi connectivity index (χ3n) is 3.88. The number of thioether (sulfide) groups is 1. The molecule has 8 nitrogen and oxygen atoms in total. The van der Waals surface area contributed by atoms with Crippen molar-refractivity contribution < 1.29 is 4.79 Å². The molecule has 1 aromatic carbocycles. The third kappa shape index (κ3) is 4.42. The first-order valence-corrected chi connectivity index (χ1v) is 9.54. The third-order valence-corrected chi connectivity index (χ3v) is 5.19. The van der Waals surface area contributed by atoms with Crippen LogP contribution in [0.15, 0.2) is 35.5 Å². The van der Waals surface area contributed by atoms with Crippen LogP contribution in [0.25, 0.3) is 5.95 Å². The Morgan fingerprint density at radius 2 is 2.00 bits per heavy atom. The quantitative estimate of drug-likeness (QED) is 0.481. The second-order valence-corrected chi connectivity index (χ2v) is 7.84. The number of hydrogen-bond donors (Lipinski definition) is 2. The summed E-state index contributed by atoms with van der Waals surface area (Å²) >= 11 is 7.10. The molecule has 0 radical (unpaired) electrons. The number of carbonyl (C=O) groups excluding carboxylic acids is 1. The summed E-state index contributed by atoms with van der Waals surface area (Å²) < 4.78 is 2.96. The maximum absolute atomic E-state index is 12.4. The number of aromatic nitrogens is 5. The van der Waals surface area contributed by atoms with Crippen molar-refractivity contribution in [1.82, 2.24) is 30.0 Å². The molecule has 10 heteroatoms. The molecule has 0 aliphatic rings. The van der Waals surface area contributed by atoms with Crippen molar-refractivity contribution in [3.8, 4) is 5.95 Å². The fourth-order valence-corrected chi connectivity index (χ4v) is 3.39. The number of aryl methyl sites for hydroxylation is 2. The Kier molecular flexibility index (Phi) is 5.71. The van der Waals surface area contributed by atoms with Crippen LogP contribution in [0.1, 0.15) is 23.9 Å². The zero-order valence-electron chi connectivity index (χ0n) is 15.2. The predicted octanol–water partition coefficient (Wildman–Crippen LogP) is 2.24. The Balaban J connectivity index is 1.63. The van der Waals surface area contributed by atoms with Gasteiger partial charge in [-0.25, -0.2) is 9.36 Å². The summed E-state index contributed by atoms with van der Waals surface area (Å²) in [5, 5.41) is 16.1. The highest BCUT2D eigenvalue weighted by molar-refractivity contribution is 8.00. The summed E-state index contributed by atoms with van der Waals surface area (Å²) in [6, 6.07) is 9.25. The topological polar surface area (TPSA) is 104 Å². The highest BCUT2D eigenvalue weighted by Crippen LogP contribution is 2.22. The van der Waals surface area contributed by atoms with Crippen LogP contribution in [0.4, 0.5) is 0 Å². The smallest absolute Gasteiger partial charge is 0.271 e. The van der Waals surface area contributed by atoms with E-state index < -0.39 is 5.25 Å². The summed E-state index contributed by atoms with van der Waals surface area (Å²) in [4.78, 5) is 12.4. The van der Waals surface area contributed by atoms with Crippen LogP contribution in [0, 0.1) is 13.8 Å². The molecule has 2 aromatic heterocycles. The molecule has 1 atom stereocenters. The first-order chi connectivity index (χ1) is 12.8. The fourth-order valence-electron chi connectivity index (χ4n) is 2.47. The van der Waals surface area contributed by atoms with E-state index in [0.29, 0.717) is 22.7 Å². The lowest BCUT2D eigenvalue weighted by atomic mass is 10.2. The Hall–Kier alpha value is -2.52. The summed E-state index contributed by atoms with van der Waals surface area (Å²) in [5.74, 6) is 6.39. The highest BCUT2D eigenvalue weighted by Gasteiger charge is 2.20. The van der Waals surface area contributed by atoms with Gasteiger partial charge in [0.05, 0.1) is 10.9 Å². The molecule has 3 aromatic rings. The van der Waals surface area contributed by atoms with Crippen LogP contribution in [0.2, 0.25) is 5.02 Å². The largest absolute Gasteiger partial charge is 0.351 e. The molecule has 3 rings (SSSR count). The van der Waals surface area contributed by atoms with Gasteiger partial charge in [-0.15, -0.1) is 10.2 Å². The second kappa shape index (κ2) is 8.01. The molecule has 0 aliphatic heterocycles. The van der Waals surface area contributed by atoms with Crippen molar-refractivity contribution in [1.29, 1.82) is 0 Å². The first-order valence-electron chi connectivity index (χ1n) is 8.28. The van der Waals surface area contributed by atoms with Crippen molar-refractivity contribution in [3.05, 3.63) is 52.3 Å². The fraction of sp³-hybridized carbons (Fsp3) is 0.294. The van der Waals surface area contributed by atoms with Gasteiger partial charge < -0.3 is 11.2 Å². The average molecular weight is 406 g/mol. The van der Waals surface area contributed by atoms with Gasteiger partial charge in [0, 0.05) is 17.3 Å². The Morgan fingerprint density at radius 1 is 1.30 bits per heavy atom. The van der Waals surface area contributed by atoms with Gasteiger partial charge in [0.15, 0.2) is 0 Å². The zero-order chi connectivity index (χ0) is 19.6. The standard InChI is InChI=1S/C17H20ClN7OS/c1-10-8-11(2)25(23-10)16-21-22-17(24(16)19)27-12(3)15(26)20-9-13-4-6-14(18)7-5-13/h4-8,12H,9,19H2,1-3H3,(H,20,26). The summed E-state index contributed by atoms with van der Waals surface area (Å²) in [7, 11) is 0. The lowest BCUT2D eigenvalue weighted by Gasteiger charge is -2.11. The van der Waals surface area contributed by atoms with E-state index in [0.717, 1.165) is 17.0 Å². The predicted molar refractivity (Wildman–Crippen MR) is 105 cm³/mol. The normalized spacial score (nSPS) is 12.1. The molecular formula is C17H20ClN7OS. The zero-order valence-corrected chi connectivity index (χ0v) is 16.8. The molecule has 0 saturated heterocycles. The molecule has 0 bridgehead atoms. The number of nitrogens with one attached hydrogen (secondary N) is 1. The van der Waals surface area contributed by atoms with Crippen molar-refractivity contribution in [2.75, 3.05) is 5.84 Å². The van der Waals surface area contributed by atoms with Crippen molar-refractivity contribution in [2.24, 2.45) is 0 Å². The van der Waals surface area contributed by atoms with E-state index in [1.807, 2.05) is 32.0 Å². The molecule has 1 amide bonds. The van der Waals surface area contributed by atoms with E-state index in [-0.39, 0.29) is 5.91 Å². The maximum atomic E-state index is 12.4. The van der Waals surface area contributed by atoms with Gasteiger partial charge in [-0.05, 0) is 44.5 Å². The number of halogens is 1. The molecule has 0 aliphatic carbocycles. The monoisotopic (exact) mass is 405 g/mol. The SMILES string of the molecule is Cc1cc(C)n(-c2nnc(SC(C)C(=O)NCc3ccc(Cl)cc3)n2N)n1. The van der Waals surface area contributed by atoms with Crippen LogP contribution < -0.4 is 11.2 Å². The molecule has 0 spiro atoms. The van der Waals surface area contributed by atoms with E-state index in [2.05, 4.69) is 20.6 Å². The van der Waals surface area contributed by atoms with Gasteiger partial charge in [0.25, 0.3) is 5.95 Å². The minimum Gasteiger partial charge on any atom is -0.351 e. The number of nitrogens with two attached hydrogens (primary N) is 1. The molecule has 142 valence electrons. The minimum absolute atomic E-state index is 0.120. The van der Waals surface area contributed by atoms with Crippen LogP contribution in [-0.2, 0) is 11.3 Å². The van der Waals surface area contributed by atoms with E-state index >= 15 is 0 Å². The first kappa shape index (κ1) is 19.2. The van der Waals surface area contributed by atoms with Crippen molar-refractivity contribution in [3.63, 3.8) is 0 Å². The van der Waals surface area contributed by atoms with Crippen LogP contribution in [-0.4, -0.2) is 35.8 Å². The van der Waals surface area contributed by atoms with Crippen LogP contribution in [0.3, 0.4) is 0 Å². The number of benzene rings is 1. The summed E-state index contributed by atoms with van der Waals surface area (Å²) in [6.45, 7) is 6.02. The number of carbonyl (C=O) groups is 1. The van der Waals surface area contributed by atoms with E-state index in [4.69, 9.17) is 17.4 Å². The van der Waals surface area contributed by atoms with Gasteiger partial charge in [-0.2, -0.15) is 5.10 Å². The molecule has 0 fully saturated rings. The minimum atomic E-state index is -0.392. The lowest BCUT2D eigenvalue weighted by Crippen LogP contribution is -2.31. The number of hydrogen-bond acceptors (Lipinski definition) is 6. The molecular weight excluding hydrogens is 386 g/mol. The number of nitrogen functional groups attached to an aromatic ring is 1. The Morgan fingerprint density at radius 3 is 2.63 bits per heavy atom. The maximum Gasteiger partial charge on any atom is 0.271 e. The van der Waals surface area contributed by atoms with Gasteiger partial charge in [0.1, 0.15) is 0 Å². The Bertz CT molecular complexity index is 951. The molecule has 1 unspecified atom stereocenters. The summed E-state index contributed by atoms with van der Waals surface area (Å²) in [5.41, 5.74) is 2.73. The van der Waals surface area contributed by atoms with Crippen molar-refractivity contribution in [2.45, 2.75) is 37.7 Å². The number of nitrogens with zero attached hydrogens (tertiary/aromatic N) is 5. The second-order valence-electron chi connectivity index (χ2n) is 6.10. The van der Waals surface area contributed by atoms with Crippen LogP contribution in [0.5, 0.6) is 0 Å². The Labute approximate surface area is 166 Å². The van der Waals surface area contributed by atoms with Crippen LogP contribution >= 0.6 is 23.4 Å². The van der Waals surface area contributed by atoms with Gasteiger partial charge >= 0.3 is 0 Å². The van der Waals surface area contributed by atoms with E-state index in [1.165, 1.54) is 16.4 Å². The average Bonchev–Trinajstić information content (AvgIpc) is 3.15. The lowest BCUT2D eigenvalue weighted by molar-refractivity contribution is -0.120. The van der Waals surface area contributed by atoms with Gasteiger partial charge in [-0.3, -0.25) is 4.79 Å². The number of amides is 1. The molecule has 3 N–H and O–H groups in total. The molecule has 2 heterocycles. The van der Waals surface area contributed by atoms with E-state index in [9.17, 15) is 4.79 Å². The van der Waals surface area contributed by atoms with Gasteiger partial charge in [-0.1, -0.05) is 35.5 Å². The van der Waals surface area contributed by atoms with E-state index in [1.54, 1.807) is 23.7 Å². The van der Waals surface area contributed by atoms with Crippen molar-refractivity contribution >= 4 is 29.3 Å². The summed E-state index contributed by atoms with van der Waals surface area (Å²) in [6.07, 6.45) is 0. The number of rotatable bonds is 6. The highest BCUT2D eigenvalue weighted by atomic mass is 35.5. The molecule has 0 saturated carbocycles. The molecule has 27 heavy (non-hydrogen) atoms. The van der Waals surface area contributed by atoms with Gasteiger partial charge in [0.2, 0.25) is 11.1 Å².